The summed E-state index contributed by atoms with van der Waals surface area (Å²) >= 11 is 0. The van der Waals surface area contributed by atoms with Gasteiger partial charge in [0.05, 0.1) is 5.69 Å². The van der Waals surface area contributed by atoms with Crippen molar-refractivity contribution in [1.82, 2.24) is 9.78 Å². The highest BCUT2D eigenvalue weighted by Crippen LogP contribution is 2.26. The van der Waals surface area contributed by atoms with Crippen molar-refractivity contribution >= 4 is 5.97 Å². The Morgan fingerprint density at radius 1 is 1.21 bits per heavy atom. The van der Waals surface area contributed by atoms with Gasteiger partial charge in [-0.3, -0.25) is 4.68 Å². The molecule has 6 heteroatoms. The third-order valence-corrected chi connectivity index (χ3v) is 3.56. The summed E-state index contributed by atoms with van der Waals surface area (Å²) in [7, 11) is 1.61. The van der Waals surface area contributed by atoms with Crippen LogP contribution in [0.4, 0.5) is 4.39 Å². The number of rotatable bonds is 5. The van der Waals surface area contributed by atoms with Crippen molar-refractivity contribution in [3.8, 4) is 17.0 Å². The van der Waals surface area contributed by atoms with Crippen molar-refractivity contribution in [2.75, 3.05) is 0 Å². The van der Waals surface area contributed by atoms with E-state index in [0.717, 1.165) is 5.56 Å². The lowest BCUT2D eigenvalue weighted by atomic mass is 10.1. The van der Waals surface area contributed by atoms with Crippen LogP contribution in [0.1, 0.15) is 16.1 Å². The normalized spacial score (nSPS) is 10.6. The lowest BCUT2D eigenvalue weighted by Crippen LogP contribution is -2.00. The highest BCUT2D eigenvalue weighted by molar-refractivity contribution is 5.87. The van der Waals surface area contributed by atoms with Crippen molar-refractivity contribution in [3.63, 3.8) is 0 Å². The van der Waals surface area contributed by atoms with Gasteiger partial charge in [-0.15, -0.1) is 0 Å². The summed E-state index contributed by atoms with van der Waals surface area (Å²) in [5, 5.41) is 12.9. The van der Waals surface area contributed by atoms with Crippen molar-refractivity contribution in [1.29, 1.82) is 0 Å². The number of aromatic carboxylic acids is 1. The number of hydrogen-bond acceptors (Lipinski definition) is 3. The average molecular weight is 326 g/mol. The molecule has 24 heavy (non-hydrogen) atoms. The van der Waals surface area contributed by atoms with E-state index < -0.39 is 11.8 Å². The summed E-state index contributed by atoms with van der Waals surface area (Å²) in [6.07, 6.45) is 0. The van der Waals surface area contributed by atoms with Crippen LogP contribution in [0.15, 0.2) is 54.6 Å². The first kappa shape index (κ1) is 15.7. The molecular weight excluding hydrogens is 311 g/mol. The van der Waals surface area contributed by atoms with E-state index in [-0.39, 0.29) is 18.1 Å². The predicted octanol–water partition coefficient (Wildman–Crippen LogP) is 3.50. The van der Waals surface area contributed by atoms with Crippen LogP contribution in [0.3, 0.4) is 0 Å². The molecule has 0 spiro atoms. The Morgan fingerprint density at radius 3 is 2.58 bits per heavy atom. The number of carboxylic acids is 1. The maximum absolute atomic E-state index is 14.3. The highest BCUT2D eigenvalue weighted by atomic mass is 19.1. The Hall–Kier alpha value is -3.15. The second-order valence-corrected chi connectivity index (χ2v) is 5.26. The van der Waals surface area contributed by atoms with Gasteiger partial charge in [-0.1, -0.05) is 30.3 Å². The number of nitrogens with zero attached hydrogens (tertiary/aromatic N) is 2. The molecule has 0 unspecified atom stereocenters. The molecule has 0 aliphatic heterocycles. The minimum absolute atomic E-state index is 0.0858. The number of halogens is 1. The van der Waals surface area contributed by atoms with E-state index in [9.17, 15) is 9.18 Å². The summed E-state index contributed by atoms with van der Waals surface area (Å²) in [5.74, 6) is -1.50. The van der Waals surface area contributed by atoms with Gasteiger partial charge in [0, 0.05) is 12.6 Å². The molecule has 122 valence electrons. The Kier molecular flexibility index (Phi) is 4.29. The largest absolute Gasteiger partial charge is 0.486 e. The number of benzene rings is 2. The van der Waals surface area contributed by atoms with Crippen molar-refractivity contribution in [2.24, 2.45) is 7.05 Å². The van der Waals surface area contributed by atoms with Crippen LogP contribution in [0.5, 0.6) is 5.75 Å². The number of hydrogen-bond donors (Lipinski definition) is 1. The fourth-order valence-electron chi connectivity index (χ4n) is 2.35. The fraction of sp³-hybridized carbons (Fsp3) is 0.111. The van der Waals surface area contributed by atoms with E-state index >= 15 is 0 Å². The van der Waals surface area contributed by atoms with E-state index in [1.165, 1.54) is 22.9 Å². The third kappa shape index (κ3) is 3.27. The van der Waals surface area contributed by atoms with Crippen LogP contribution in [-0.2, 0) is 13.7 Å². The lowest BCUT2D eigenvalue weighted by molar-refractivity contribution is 0.0689. The molecule has 3 rings (SSSR count). The number of carboxylic acid groups (broad SMARTS) is 1. The van der Waals surface area contributed by atoms with Crippen LogP contribution in [0.25, 0.3) is 11.3 Å². The standard InChI is InChI=1S/C18H15FN2O3/c1-21-16(10-15(20-21)18(22)23)13-7-8-17(14(19)9-13)24-11-12-5-3-2-4-6-12/h2-10H,11H2,1H3,(H,22,23). The van der Waals surface area contributed by atoms with Gasteiger partial charge < -0.3 is 9.84 Å². The summed E-state index contributed by atoms with van der Waals surface area (Å²) in [6, 6.07) is 15.4. The molecule has 0 atom stereocenters. The zero-order valence-corrected chi connectivity index (χ0v) is 12.9. The fourth-order valence-corrected chi connectivity index (χ4v) is 2.35. The predicted molar refractivity (Wildman–Crippen MR) is 86.3 cm³/mol. The average Bonchev–Trinajstić information content (AvgIpc) is 2.97. The van der Waals surface area contributed by atoms with Gasteiger partial charge in [0.2, 0.25) is 0 Å². The molecule has 5 nitrogen and oxygen atoms in total. The van der Waals surface area contributed by atoms with Crippen molar-refractivity contribution < 1.29 is 19.0 Å². The topological polar surface area (TPSA) is 64.4 Å². The first-order chi connectivity index (χ1) is 11.5. The molecule has 0 saturated heterocycles. The van der Waals surface area contributed by atoms with Gasteiger partial charge in [0.15, 0.2) is 17.3 Å². The maximum atomic E-state index is 14.3. The Morgan fingerprint density at radius 2 is 1.96 bits per heavy atom. The molecule has 1 aromatic heterocycles. The molecule has 0 radical (unpaired) electrons. The number of ether oxygens (including phenoxy) is 1. The van der Waals surface area contributed by atoms with E-state index in [4.69, 9.17) is 9.84 Å². The van der Waals surface area contributed by atoms with Gasteiger partial charge in [-0.05, 0) is 29.8 Å². The first-order valence-corrected chi connectivity index (χ1v) is 7.28. The Balaban J connectivity index is 1.81. The van der Waals surface area contributed by atoms with Gasteiger partial charge in [0.25, 0.3) is 0 Å². The molecule has 1 N–H and O–H groups in total. The van der Waals surface area contributed by atoms with Crippen molar-refractivity contribution in [3.05, 3.63) is 71.7 Å². The van der Waals surface area contributed by atoms with Crippen LogP contribution >= 0.6 is 0 Å². The Bertz CT molecular complexity index is 875. The summed E-state index contributed by atoms with van der Waals surface area (Å²) in [4.78, 5) is 11.0. The van der Waals surface area contributed by atoms with Crippen LogP contribution in [0, 0.1) is 5.82 Å². The second-order valence-electron chi connectivity index (χ2n) is 5.26. The molecule has 0 aliphatic carbocycles. The molecule has 0 aliphatic rings. The third-order valence-electron chi connectivity index (χ3n) is 3.56. The maximum Gasteiger partial charge on any atom is 0.356 e. The monoisotopic (exact) mass is 326 g/mol. The number of carbonyl (C=O) groups is 1. The van der Waals surface area contributed by atoms with Gasteiger partial charge in [-0.25, -0.2) is 9.18 Å². The minimum Gasteiger partial charge on any atom is -0.486 e. The molecule has 0 bridgehead atoms. The van der Waals surface area contributed by atoms with Gasteiger partial charge in [-0.2, -0.15) is 5.10 Å². The van der Waals surface area contributed by atoms with E-state index in [1.807, 2.05) is 30.3 Å². The summed E-state index contributed by atoms with van der Waals surface area (Å²) in [6.45, 7) is 0.270. The van der Waals surface area contributed by atoms with Crippen LogP contribution < -0.4 is 4.74 Å². The van der Waals surface area contributed by atoms with Gasteiger partial charge in [0.1, 0.15) is 6.61 Å². The van der Waals surface area contributed by atoms with E-state index in [0.29, 0.717) is 11.3 Å². The van der Waals surface area contributed by atoms with E-state index in [2.05, 4.69) is 5.10 Å². The summed E-state index contributed by atoms with van der Waals surface area (Å²) in [5.41, 5.74) is 1.90. The smallest absolute Gasteiger partial charge is 0.356 e. The molecule has 2 aromatic carbocycles. The molecular formula is C18H15FN2O3. The van der Waals surface area contributed by atoms with Crippen LogP contribution in [0.2, 0.25) is 0 Å². The Labute approximate surface area is 137 Å². The first-order valence-electron chi connectivity index (χ1n) is 7.28. The summed E-state index contributed by atoms with van der Waals surface area (Å²) < 4.78 is 21.2. The lowest BCUT2D eigenvalue weighted by Gasteiger charge is -2.09. The zero-order chi connectivity index (χ0) is 17.1. The molecule has 0 amide bonds. The van der Waals surface area contributed by atoms with Gasteiger partial charge >= 0.3 is 5.97 Å². The second kappa shape index (κ2) is 6.54. The quantitative estimate of drug-likeness (QED) is 0.779. The minimum atomic E-state index is -1.12. The van der Waals surface area contributed by atoms with E-state index in [1.54, 1.807) is 13.1 Å². The highest BCUT2D eigenvalue weighted by Gasteiger charge is 2.14. The van der Waals surface area contributed by atoms with Crippen LogP contribution in [-0.4, -0.2) is 20.9 Å². The molecule has 0 fully saturated rings. The molecule has 1 heterocycles. The molecule has 0 saturated carbocycles. The zero-order valence-electron chi connectivity index (χ0n) is 12.9. The number of aromatic nitrogens is 2. The SMILES string of the molecule is Cn1nc(C(=O)O)cc1-c1ccc(OCc2ccccc2)c(F)c1. The van der Waals surface area contributed by atoms with Crippen molar-refractivity contribution in [2.45, 2.75) is 6.61 Å². The number of aryl methyl sites for hydroxylation is 1. The molecule has 3 aromatic rings.